The van der Waals surface area contributed by atoms with Crippen LogP contribution in [0.4, 0.5) is 0 Å². The minimum Gasteiger partial charge on any atom is -0.351 e. The maximum atomic E-state index is 11.4. The van der Waals surface area contributed by atoms with E-state index in [0.717, 1.165) is 13.0 Å². The number of nitrogens with one attached hydrogen (secondary N) is 1. The summed E-state index contributed by atoms with van der Waals surface area (Å²) in [5.41, 5.74) is 0. The van der Waals surface area contributed by atoms with Gasteiger partial charge in [-0.3, -0.25) is 4.79 Å². The number of carbonyl (C=O) groups excluding carboxylic acids is 1. The van der Waals surface area contributed by atoms with Crippen LogP contribution in [0.5, 0.6) is 0 Å². The Hall–Kier alpha value is -0.0900. The van der Waals surface area contributed by atoms with Gasteiger partial charge < -0.3 is 10.2 Å². The van der Waals surface area contributed by atoms with E-state index in [1.165, 1.54) is 0 Å². The molecule has 0 aliphatic carbocycles. The van der Waals surface area contributed by atoms with Crippen molar-refractivity contribution in [3.8, 4) is 0 Å². The van der Waals surface area contributed by atoms with E-state index in [2.05, 4.69) is 26.1 Å². The highest BCUT2D eigenvalue weighted by atomic mass is 79.9. The summed E-state index contributed by atoms with van der Waals surface area (Å²) >= 11 is 3.31. The van der Waals surface area contributed by atoms with Gasteiger partial charge in [-0.1, -0.05) is 22.9 Å². The molecule has 0 aliphatic heterocycles. The van der Waals surface area contributed by atoms with Gasteiger partial charge in [-0.25, -0.2) is 0 Å². The van der Waals surface area contributed by atoms with Gasteiger partial charge in [0.15, 0.2) is 0 Å². The van der Waals surface area contributed by atoms with Crippen molar-refractivity contribution < 1.29 is 4.79 Å². The average Bonchev–Trinajstić information content (AvgIpc) is 2.01. The largest absolute Gasteiger partial charge is 0.351 e. The third-order valence-corrected chi connectivity index (χ3v) is 2.73. The summed E-state index contributed by atoms with van der Waals surface area (Å²) in [6.07, 6.45) is 0.820. The zero-order valence-electron chi connectivity index (χ0n) is 8.80. The smallest absolute Gasteiger partial charge is 0.234 e. The molecule has 0 rings (SSSR count). The van der Waals surface area contributed by atoms with Crippen LogP contribution >= 0.6 is 15.9 Å². The summed E-state index contributed by atoms with van der Waals surface area (Å²) in [4.78, 5) is 13.4. The lowest BCUT2D eigenvalue weighted by Crippen LogP contribution is -2.42. The van der Waals surface area contributed by atoms with E-state index in [4.69, 9.17) is 0 Å². The summed E-state index contributed by atoms with van der Waals surface area (Å²) in [6, 6.07) is 0.203. The molecule has 0 radical (unpaired) electrons. The molecule has 0 aromatic rings. The molecule has 1 amide bonds. The molecule has 0 aromatic heterocycles. The predicted molar refractivity (Wildman–Crippen MR) is 59.2 cm³/mol. The van der Waals surface area contributed by atoms with Crippen LogP contribution in [-0.4, -0.2) is 42.3 Å². The second kappa shape index (κ2) is 6.38. The molecule has 0 fully saturated rings. The second-order valence-electron chi connectivity index (χ2n) is 3.55. The SMILES string of the molecule is CCC(Br)C(=O)NC(C)CN(C)C. The van der Waals surface area contributed by atoms with Gasteiger partial charge in [-0.05, 0) is 27.4 Å². The first-order valence-electron chi connectivity index (χ1n) is 4.56. The third-order valence-electron chi connectivity index (χ3n) is 1.67. The number of nitrogens with zero attached hydrogens (tertiary/aromatic N) is 1. The van der Waals surface area contributed by atoms with E-state index in [9.17, 15) is 4.79 Å². The third kappa shape index (κ3) is 6.05. The summed E-state index contributed by atoms with van der Waals surface area (Å²) in [5, 5.41) is 2.93. The van der Waals surface area contributed by atoms with Crippen LogP contribution in [0.1, 0.15) is 20.3 Å². The molecular weight excluding hydrogens is 232 g/mol. The van der Waals surface area contributed by atoms with Crippen molar-refractivity contribution in [2.75, 3.05) is 20.6 Å². The fourth-order valence-electron chi connectivity index (χ4n) is 1.11. The number of hydrogen-bond acceptors (Lipinski definition) is 2. The number of halogens is 1. The van der Waals surface area contributed by atoms with Crippen molar-refractivity contribution in [2.24, 2.45) is 0 Å². The second-order valence-corrected chi connectivity index (χ2v) is 4.65. The molecule has 0 heterocycles. The van der Waals surface area contributed by atoms with Crippen LogP contribution in [0.3, 0.4) is 0 Å². The molecular formula is C9H19BrN2O. The molecule has 78 valence electrons. The van der Waals surface area contributed by atoms with Crippen molar-refractivity contribution in [3.05, 3.63) is 0 Å². The summed E-state index contributed by atoms with van der Waals surface area (Å²) in [5.74, 6) is 0.0804. The Morgan fingerprint density at radius 2 is 2.08 bits per heavy atom. The lowest BCUT2D eigenvalue weighted by atomic mass is 10.2. The molecule has 3 nitrogen and oxygen atoms in total. The molecule has 0 bridgehead atoms. The molecule has 0 saturated carbocycles. The molecule has 0 spiro atoms. The topological polar surface area (TPSA) is 32.3 Å². The quantitative estimate of drug-likeness (QED) is 0.745. The minimum absolute atomic E-state index is 0.0582. The minimum atomic E-state index is -0.0582. The van der Waals surface area contributed by atoms with Crippen molar-refractivity contribution in [3.63, 3.8) is 0 Å². The monoisotopic (exact) mass is 250 g/mol. The summed E-state index contributed by atoms with van der Waals surface area (Å²) < 4.78 is 0. The number of amides is 1. The van der Waals surface area contributed by atoms with Gasteiger partial charge in [-0.15, -0.1) is 0 Å². The first-order valence-corrected chi connectivity index (χ1v) is 5.48. The van der Waals surface area contributed by atoms with E-state index >= 15 is 0 Å². The van der Waals surface area contributed by atoms with Crippen molar-refractivity contribution >= 4 is 21.8 Å². The molecule has 1 N–H and O–H groups in total. The van der Waals surface area contributed by atoms with E-state index in [0.29, 0.717) is 0 Å². The number of alkyl halides is 1. The van der Waals surface area contributed by atoms with Crippen LogP contribution < -0.4 is 5.32 Å². The number of hydrogen-bond donors (Lipinski definition) is 1. The Morgan fingerprint density at radius 3 is 2.46 bits per heavy atom. The predicted octanol–water partition coefficient (Wildman–Crippen LogP) is 1.23. The lowest BCUT2D eigenvalue weighted by molar-refractivity contribution is -0.121. The first-order chi connectivity index (χ1) is 5.97. The van der Waals surface area contributed by atoms with E-state index < -0.39 is 0 Å². The molecule has 0 aromatic carbocycles. The molecule has 4 heteroatoms. The maximum Gasteiger partial charge on any atom is 0.234 e. The Morgan fingerprint density at radius 1 is 1.54 bits per heavy atom. The maximum absolute atomic E-state index is 11.4. The number of likely N-dealkylation sites (N-methyl/N-ethyl adjacent to an activating group) is 1. The number of rotatable bonds is 5. The highest BCUT2D eigenvalue weighted by Crippen LogP contribution is 2.04. The van der Waals surface area contributed by atoms with E-state index in [1.54, 1.807) is 0 Å². The standard InChI is InChI=1S/C9H19BrN2O/c1-5-8(10)9(13)11-7(2)6-12(3)4/h7-8H,5-6H2,1-4H3,(H,11,13). The molecule has 2 atom stereocenters. The van der Waals surface area contributed by atoms with Gasteiger partial charge in [0, 0.05) is 12.6 Å². The van der Waals surface area contributed by atoms with E-state index in [-0.39, 0.29) is 16.8 Å². The highest BCUT2D eigenvalue weighted by Gasteiger charge is 2.14. The molecule has 13 heavy (non-hydrogen) atoms. The average molecular weight is 251 g/mol. The summed E-state index contributed by atoms with van der Waals surface area (Å²) in [7, 11) is 3.99. The van der Waals surface area contributed by atoms with Crippen molar-refractivity contribution in [2.45, 2.75) is 31.1 Å². The Balaban J connectivity index is 3.77. The molecule has 0 saturated heterocycles. The molecule has 0 aliphatic rings. The van der Waals surface area contributed by atoms with Gasteiger partial charge in [0.2, 0.25) is 5.91 Å². The van der Waals surface area contributed by atoms with Crippen molar-refractivity contribution in [1.82, 2.24) is 10.2 Å². The van der Waals surface area contributed by atoms with Gasteiger partial charge in [0.25, 0.3) is 0 Å². The van der Waals surface area contributed by atoms with Crippen LogP contribution in [0, 0.1) is 0 Å². The van der Waals surface area contributed by atoms with Crippen LogP contribution in [0.2, 0.25) is 0 Å². The zero-order valence-corrected chi connectivity index (χ0v) is 10.4. The molecule has 2 unspecified atom stereocenters. The van der Waals surface area contributed by atoms with Crippen LogP contribution in [0.25, 0.3) is 0 Å². The van der Waals surface area contributed by atoms with Crippen LogP contribution in [-0.2, 0) is 4.79 Å². The Kier molecular flexibility index (Phi) is 6.33. The van der Waals surface area contributed by atoms with Gasteiger partial charge in [0.05, 0.1) is 4.83 Å². The van der Waals surface area contributed by atoms with Gasteiger partial charge >= 0.3 is 0 Å². The lowest BCUT2D eigenvalue weighted by Gasteiger charge is -2.19. The highest BCUT2D eigenvalue weighted by molar-refractivity contribution is 9.10. The fourth-order valence-corrected chi connectivity index (χ4v) is 1.24. The number of carbonyl (C=O) groups is 1. The Labute approximate surface area is 89.0 Å². The van der Waals surface area contributed by atoms with E-state index in [1.807, 2.05) is 27.9 Å². The first kappa shape index (κ1) is 12.9. The fraction of sp³-hybridized carbons (Fsp3) is 0.889. The normalized spacial score (nSPS) is 15.5. The Bertz CT molecular complexity index is 162. The van der Waals surface area contributed by atoms with Gasteiger partial charge in [0.1, 0.15) is 0 Å². The van der Waals surface area contributed by atoms with Crippen molar-refractivity contribution in [1.29, 1.82) is 0 Å². The van der Waals surface area contributed by atoms with Crippen LogP contribution in [0.15, 0.2) is 0 Å². The van der Waals surface area contributed by atoms with Gasteiger partial charge in [-0.2, -0.15) is 0 Å². The summed E-state index contributed by atoms with van der Waals surface area (Å²) in [6.45, 7) is 4.86. The zero-order chi connectivity index (χ0) is 10.4.